The van der Waals surface area contributed by atoms with Crippen molar-refractivity contribution >= 4 is 35.4 Å². The van der Waals surface area contributed by atoms with Gasteiger partial charge in [0.1, 0.15) is 59.6 Å². The smallest absolute Gasteiger partial charge is 0.246 e. The molecule has 0 unspecified atom stereocenters. The van der Waals surface area contributed by atoms with Crippen molar-refractivity contribution in [2.45, 2.75) is 95.4 Å². The number of benzene rings is 4. The molecule has 8 atom stereocenters. The molecule has 0 aromatic heterocycles. The predicted octanol–water partition coefficient (Wildman–Crippen LogP) is 2.63. The van der Waals surface area contributed by atoms with Crippen molar-refractivity contribution in [3.63, 3.8) is 0 Å². The Kier molecular flexibility index (Phi) is 16.5. The van der Waals surface area contributed by atoms with E-state index in [1.165, 1.54) is 70.8 Å². The first-order valence-corrected chi connectivity index (χ1v) is 22.7. The van der Waals surface area contributed by atoms with E-state index in [0.717, 1.165) is 5.56 Å². The average molecular weight is 951 g/mol. The Morgan fingerprint density at radius 1 is 0.652 bits per heavy atom. The monoisotopic (exact) mass is 950 g/mol. The number of nitrogens with one attached hydrogen (secondary N) is 3. The number of fused-ring (bicyclic) bond motifs is 2. The maximum Gasteiger partial charge on any atom is 0.246 e. The molecule has 18 heteroatoms. The summed E-state index contributed by atoms with van der Waals surface area (Å²) < 4.78 is 23.4. The van der Waals surface area contributed by atoms with Crippen LogP contribution in [0.5, 0.6) is 28.7 Å². The van der Waals surface area contributed by atoms with Crippen LogP contribution in [0.4, 0.5) is 0 Å². The molecule has 3 aliphatic heterocycles. The Bertz CT molecular complexity index is 2520. The van der Waals surface area contributed by atoms with Gasteiger partial charge in [-0.15, -0.1) is 0 Å². The zero-order valence-corrected chi connectivity index (χ0v) is 40.3. The van der Waals surface area contributed by atoms with E-state index in [9.17, 15) is 39.0 Å². The van der Waals surface area contributed by atoms with E-state index in [-0.39, 0.29) is 30.8 Å². The highest BCUT2D eigenvalue weighted by Gasteiger charge is 2.39. The highest BCUT2D eigenvalue weighted by Crippen LogP contribution is 2.37. The lowest BCUT2D eigenvalue weighted by Crippen LogP contribution is -2.61. The van der Waals surface area contributed by atoms with Gasteiger partial charge in [-0.25, -0.2) is 0 Å². The zero-order chi connectivity index (χ0) is 50.3. The summed E-state index contributed by atoms with van der Waals surface area (Å²) in [6, 6.07) is 16.5. The number of likely N-dealkylation sites (N-methyl/N-ethyl adjacent to an activating group) is 3. The fraction of sp³-hybridized carbons (Fsp3) is 0.412. The van der Waals surface area contributed by atoms with E-state index in [1.807, 2.05) is 6.92 Å². The molecule has 7 rings (SSSR count). The van der Waals surface area contributed by atoms with Crippen LogP contribution in [0.3, 0.4) is 0 Å². The van der Waals surface area contributed by atoms with Gasteiger partial charge in [0.15, 0.2) is 17.6 Å². The summed E-state index contributed by atoms with van der Waals surface area (Å²) >= 11 is 0. The fourth-order valence-electron chi connectivity index (χ4n) is 8.36. The molecule has 3 aliphatic rings. The molecule has 0 radical (unpaired) electrons. The molecule has 18 nitrogen and oxygen atoms in total. The number of hydrogen-bond donors (Lipinski definition) is 5. The first-order chi connectivity index (χ1) is 32.8. The molecule has 1 fully saturated rings. The number of carbonyl (C=O) groups excluding carboxylic acids is 6. The zero-order valence-electron chi connectivity index (χ0n) is 40.3. The van der Waals surface area contributed by atoms with E-state index < -0.39 is 90.5 Å². The Labute approximate surface area is 401 Å². The number of aliphatic hydroxyl groups excluding tert-OH is 2. The van der Waals surface area contributed by atoms with Crippen molar-refractivity contribution in [3.05, 3.63) is 113 Å². The van der Waals surface area contributed by atoms with Gasteiger partial charge in [-0.1, -0.05) is 42.5 Å². The lowest BCUT2D eigenvalue weighted by molar-refractivity contribution is -0.149. The number of aryl methyl sites for hydroxylation is 1. The van der Waals surface area contributed by atoms with Crippen molar-refractivity contribution in [1.82, 2.24) is 30.7 Å². The van der Waals surface area contributed by atoms with Gasteiger partial charge in [0.05, 0.1) is 20.8 Å². The summed E-state index contributed by atoms with van der Waals surface area (Å²) in [7, 11) is 7.36. The Hall–Kier alpha value is -7.18. The predicted molar refractivity (Wildman–Crippen MR) is 254 cm³/mol. The number of nitrogens with zero attached hydrogens (tertiary/aromatic N) is 3. The van der Waals surface area contributed by atoms with Gasteiger partial charge in [-0.2, -0.15) is 0 Å². The van der Waals surface area contributed by atoms with Gasteiger partial charge in [0, 0.05) is 40.4 Å². The number of ether oxygens (including phenoxy) is 4. The van der Waals surface area contributed by atoms with E-state index in [0.29, 0.717) is 39.5 Å². The van der Waals surface area contributed by atoms with Crippen LogP contribution in [-0.4, -0.2) is 145 Å². The van der Waals surface area contributed by atoms with E-state index in [2.05, 4.69) is 16.0 Å². The number of hydrogen-bond acceptors (Lipinski definition) is 12. The molecular formula is C51H62N6O12. The van der Waals surface area contributed by atoms with E-state index >= 15 is 0 Å². The van der Waals surface area contributed by atoms with Crippen LogP contribution in [-0.2, 0) is 48.0 Å². The molecule has 6 bridgehead atoms. The van der Waals surface area contributed by atoms with Gasteiger partial charge in [0.25, 0.3) is 0 Å². The molecule has 6 amide bonds. The van der Waals surface area contributed by atoms with Crippen molar-refractivity contribution in [2.75, 3.05) is 42.0 Å². The van der Waals surface area contributed by atoms with Crippen LogP contribution in [0, 0.1) is 6.92 Å². The highest BCUT2D eigenvalue weighted by atomic mass is 16.5. The van der Waals surface area contributed by atoms with Crippen molar-refractivity contribution in [2.24, 2.45) is 0 Å². The first kappa shape index (κ1) is 51.2. The second-order valence-corrected chi connectivity index (χ2v) is 17.6. The number of aliphatic hydroxyl groups is 2. The molecule has 368 valence electrons. The quantitative estimate of drug-likeness (QED) is 0.163. The van der Waals surface area contributed by atoms with Gasteiger partial charge in [-0.05, 0) is 98.0 Å². The summed E-state index contributed by atoms with van der Waals surface area (Å²) in [5.74, 6) is -2.07. The van der Waals surface area contributed by atoms with Gasteiger partial charge in [0.2, 0.25) is 35.4 Å². The largest absolute Gasteiger partial charge is 0.497 e. The third-order valence-corrected chi connectivity index (χ3v) is 12.7. The SMILES string of the molecule is COc1ccc(C[C@H]2C(=O)N[C@@H](C)C(=O)N(C)[C@H]3Cc4ccc(cc4)Oc4cc(ccc4O[C@H](CO)[C@@H](O)c4ccc(C)c(OC)c4)C[C@@H](C(=O)N[C@H](C)C(=O)N[C@@H](C)C(=O)N2C)N(C)C3=O)cc1. The summed E-state index contributed by atoms with van der Waals surface area (Å²) in [6.45, 7) is 5.67. The molecular weight excluding hydrogens is 889 g/mol. The molecule has 5 N–H and O–H groups in total. The minimum absolute atomic E-state index is 0.0196. The first-order valence-electron chi connectivity index (χ1n) is 22.7. The third kappa shape index (κ3) is 11.9. The highest BCUT2D eigenvalue weighted by molar-refractivity contribution is 5.98. The molecule has 4 aromatic rings. The molecule has 3 heterocycles. The van der Waals surface area contributed by atoms with Crippen molar-refractivity contribution in [1.29, 1.82) is 0 Å². The topological polar surface area (TPSA) is 226 Å². The fourth-order valence-corrected chi connectivity index (χ4v) is 8.36. The molecule has 0 spiro atoms. The van der Waals surface area contributed by atoms with Crippen LogP contribution in [0.2, 0.25) is 0 Å². The summed E-state index contributed by atoms with van der Waals surface area (Å²) in [5.41, 5.74) is 3.09. The molecule has 69 heavy (non-hydrogen) atoms. The maximum atomic E-state index is 14.9. The third-order valence-electron chi connectivity index (χ3n) is 12.7. The normalized spacial score (nSPS) is 22.9. The van der Waals surface area contributed by atoms with E-state index in [4.69, 9.17) is 18.9 Å². The standard InChI is InChI=1S/C51H62N6O12/c1-28-10-16-35(26-42(28)67-9)45(59)44(27-58)69-41-21-15-34-24-39-47(61)52-29(2)46(60)53-30(3)49(63)55(5)38(22-32-11-17-36(66-8)18-12-32)48(62)54-31(4)50(64)57(7)40(51(65)56(39)6)23-33-13-19-37(20-14-33)68-43(41)25-34/h10-21,25-26,29-31,38-40,44-45,58-59H,22-24,27H2,1-9H3,(H,52,61)(H,53,60)(H,54,62)/t29-,30+,31+,38+,39+,40+,44-,45+/m1/s1. The summed E-state index contributed by atoms with van der Waals surface area (Å²) in [4.78, 5) is 89.4. The Balaban J connectivity index is 1.38. The number of methoxy groups -OCH3 is 2. The lowest BCUT2D eigenvalue weighted by Gasteiger charge is -2.36. The van der Waals surface area contributed by atoms with Crippen molar-refractivity contribution in [3.8, 4) is 28.7 Å². The Morgan fingerprint density at radius 3 is 1.88 bits per heavy atom. The number of amides is 6. The van der Waals surface area contributed by atoms with Crippen LogP contribution in [0.25, 0.3) is 0 Å². The number of carbonyl (C=O) groups is 6. The second-order valence-electron chi connectivity index (χ2n) is 17.6. The Morgan fingerprint density at radius 2 is 1.25 bits per heavy atom. The van der Waals surface area contributed by atoms with Crippen LogP contribution in [0.15, 0.2) is 84.9 Å². The number of rotatable bonds is 9. The molecule has 4 aromatic carbocycles. The van der Waals surface area contributed by atoms with E-state index in [1.54, 1.807) is 84.9 Å². The molecule has 0 saturated carbocycles. The molecule has 0 aliphatic carbocycles. The maximum absolute atomic E-state index is 14.9. The van der Waals surface area contributed by atoms with Crippen LogP contribution >= 0.6 is 0 Å². The summed E-state index contributed by atoms with van der Waals surface area (Å²) in [5, 5.41) is 30.0. The van der Waals surface area contributed by atoms with Crippen LogP contribution < -0.4 is 34.9 Å². The van der Waals surface area contributed by atoms with Gasteiger partial charge in [-0.3, -0.25) is 28.8 Å². The van der Waals surface area contributed by atoms with Crippen molar-refractivity contribution < 1.29 is 57.9 Å². The minimum Gasteiger partial charge on any atom is -0.497 e. The summed E-state index contributed by atoms with van der Waals surface area (Å²) in [6.07, 6.45) is -2.55. The average Bonchev–Trinajstić information content (AvgIpc) is 3.34. The lowest BCUT2D eigenvalue weighted by atomic mass is 9.98. The van der Waals surface area contributed by atoms with Crippen LogP contribution in [0.1, 0.15) is 54.7 Å². The minimum atomic E-state index is -1.29. The molecule has 1 saturated heterocycles. The van der Waals surface area contributed by atoms with Gasteiger partial charge < -0.3 is 59.8 Å². The van der Waals surface area contributed by atoms with Gasteiger partial charge >= 0.3 is 0 Å². The second kappa shape index (κ2) is 22.3.